The van der Waals surface area contributed by atoms with Crippen LogP contribution in [0.4, 0.5) is 0 Å². The number of aliphatic carboxylic acids is 2. The van der Waals surface area contributed by atoms with E-state index in [9.17, 15) is 19.8 Å². The van der Waals surface area contributed by atoms with E-state index in [1.54, 1.807) is 0 Å². The van der Waals surface area contributed by atoms with Crippen LogP contribution in [-0.4, -0.2) is 34.4 Å². The van der Waals surface area contributed by atoms with E-state index in [2.05, 4.69) is 0 Å². The van der Waals surface area contributed by atoms with Gasteiger partial charge >= 0.3 is 17.1 Å². The minimum absolute atomic E-state index is 0. The minimum Gasteiger partial charge on any atom is -0.547 e. The molecule has 7 heteroatoms. The summed E-state index contributed by atoms with van der Waals surface area (Å²) in [5.74, 6) is -2.87. The van der Waals surface area contributed by atoms with Gasteiger partial charge in [0.05, 0.1) is 24.1 Å². The SMILES string of the molecule is C[C@H](O)C(=O)[O-].C[C@H](O)C(=O)[O-].[Mn+2]. The van der Waals surface area contributed by atoms with Crippen molar-refractivity contribution in [2.24, 2.45) is 0 Å². The van der Waals surface area contributed by atoms with E-state index in [0.29, 0.717) is 0 Å². The molecule has 0 aliphatic heterocycles. The van der Waals surface area contributed by atoms with Crippen LogP contribution < -0.4 is 10.2 Å². The molecule has 0 aromatic heterocycles. The summed E-state index contributed by atoms with van der Waals surface area (Å²) in [4.78, 5) is 18.7. The van der Waals surface area contributed by atoms with E-state index in [4.69, 9.17) is 10.2 Å². The smallest absolute Gasteiger partial charge is 0.547 e. The summed E-state index contributed by atoms with van der Waals surface area (Å²) >= 11 is 0. The van der Waals surface area contributed by atoms with Crippen molar-refractivity contribution >= 4 is 11.9 Å². The Balaban J connectivity index is -0.000000143. The normalized spacial score (nSPS) is 12.6. The molecule has 1 radical (unpaired) electrons. The monoisotopic (exact) mass is 233 g/mol. The van der Waals surface area contributed by atoms with Crippen LogP contribution in [0.1, 0.15) is 13.8 Å². The molecule has 0 bridgehead atoms. The predicted octanol–water partition coefficient (Wildman–Crippen LogP) is -3.77. The summed E-state index contributed by atoms with van der Waals surface area (Å²) in [5, 5.41) is 34.6. The molecule has 0 unspecified atom stereocenters. The van der Waals surface area contributed by atoms with Crippen LogP contribution in [0.5, 0.6) is 0 Å². The Morgan fingerprint density at radius 1 is 1.00 bits per heavy atom. The quantitative estimate of drug-likeness (QED) is 0.472. The van der Waals surface area contributed by atoms with Crippen molar-refractivity contribution in [1.29, 1.82) is 0 Å². The number of rotatable bonds is 2. The summed E-state index contributed by atoms with van der Waals surface area (Å²) in [6.45, 7) is 2.27. The molecule has 0 aromatic rings. The van der Waals surface area contributed by atoms with Gasteiger partial charge in [-0.15, -0.1) is 0 Å². The van der Waals surface area contributed by atoms with E-state index in [1.165, 1.54) is 0 Å². The van der Waals surface area contributed by atoms with Crippen molar-refractivity contribution in [3.8, 4) is 0 Å². The number of carboxylic acids is 2. The van der Waals surface area contributed by atoms with E-state index < -0.39 is 24.1 Å². The predicted molar refractivity (Wildman–Crippen MR) is 33.4 cm³/mol. The molecule has 77 valence electrons. The van der Waals surface area contributed by atoms with Gasteiger partial charge in [0, 0.05) is 0 Å². The molecule has 0 fully saturated rings. The van der Waals surface area contributed by atoms with Crippen LogP contribution in [0.25, 0.3) is 0 Å². The summed E-state index contributed by atoms with van der Waals surface area (Å²) < 4.78 is 0. The van der Waals surface area contributed by atoms with Crippen LogP contribution in [0.3, 0.4) is 0 Å². The average molecular weight is 233 g/mol. The van der Waals surface area contributed by atoms with Gasteiger partial charge in [-0.2, -0.15) is 0 Å². The summed E-state index contributed by atoms with van der Waals surface area (Å²) in [6, 6.07) is 0. The van der Waals surface area contributed by atoms with E-state index >= 15 is 0 Å². The Labute approximate surface area is 85.7 Å². The Morgan fingerprint density at radius 3 is 1.08 bits per heavy atom. The van der Waals surface area contributed by atoms with E-state index in [-0.39, 0.29) is 17.1 Å². The van der Waals surface area contributed by atoms with Crippen molar-refractivity contribution < 1.29 is 47.1 Å². The van der Waals surface area contributed by atoms with E-state index in [0.717, 1.165) is 13.8 Å². The van der Waals surface area contributed by atoms with Gasteiger partial charge in [0.1, 0.15) is 0 Å². The maximum Gasteiger partial charge on any atom is 2.00 e. The number of aliphatic hydroxyl groups is 2. The average Bonchev–Trinajstić information content (AvgIpc) is 1.88. The van der Waals surface area contributed by atoms with Crippen molar-refractivity contribution in [1.82, 2.24) is 0 Å². The van der Waals surface area contributed by atoms with Crippen LogP contribution in [-0.2, 0) is 26.7 Å². The molecular weight excluding hydrogens is 223 g/mol. The first kappa shape index (κ1) is 18.2. The first-order chi connectivity index (χ1) is 5.29. The molecule has 0 saturated heterocycles. The second-order valence-electron chi connectivity index (χ2n) is 1.99. The fourth-order valence-corrected chi connectivity index (χ4v) is 0. The van der Waals surface area contributed by atoms with Crippen molar-refractivity contribution in [3.05, 3.63) is 0 Å². The maximum atomic E-state index is 9.34. The second kappa shape index (κ2) is 9.47. The first-order valence-corrected chi connectivity index (χ1v) is 3.06. The summed E-state index contributed by atoms with van der Waals surface area (Å²) in [6.07, 6.45) is -2.69. The van der Waals surface area contributed by atoms with Gasteiger partial charge in [-0.3, -0.25) is 0 Å². The summed E-state index contributed by atoms with van der Waals surface area (Å²) in [5.41, 5.74) is 0. The minimum atomic E-state index is -1.44. The second-order valence-corrected chi connectivity index (χ2v) is 1.99. The first-order valence-electron chi connectivity index (χ1n) is 3.06. The molecule has 0 spiro atoms. The molecule has 0 amide bonds. The van der Waals surface area contributed by atoms with Crippen molar-refractivity contribution in [2.75, 3.05) is 0 Å². The van der Waals surface area contributed by atoms with Crippen LogP contribution >= 0.6 is 0 Å². The number of carbonyl (C=O) groups is 2. The molecule has 0 aliphatic rings. The number of hydrogen-bond acceptors (Lipinski definition) is 6. The molecule has 6 nitrogen and oxygen atoms in total. The molecule has 2 atom stereocenters. The van der Waals surface area contributed by atoms with Gasteiger partial charge in [-0.1, -0.05) is 0 Å². The maximum absolute atomic E-state index is 9.34. The Hall–Kier alpha value is -0.621. The van der Waals surface area contributed by atoms with Crippen LogP contribution in [0.15, 0.2) is 0 Å². The third kappa shape index (κ3) is 18.4. The molecular formula is C6H10MnO6. The zero-order valence-corrected chi connectivity index (χ0v) is 8.24. The van der Waals surface area contributed by atoms with E-state index in [1.807, 2.05) is 0 Å². The fraction of sp³-hybridized carbons (Fsp3) is 0.667. The standard InChI is InChI=1S/2C3H6O3.Mn/c2*1-2(4)3(5)6;/h2*2,4H,1H3,(H,5,6);/q;;+2/p-2/t2*2-;/m00./s1. The van der Waals surface area contributed by atoms with Gasteiger partial charge in [0.25, 0.3) is 0 Å². The number of carboxylic acid groups (broad SMARTS) is 2. The molecule has 0 saturated carbocycles. The van der Waals surface area contributed by atoms with Gasteiger partial charge < -0.3 is 30.0 Å². The van der Waals surface area contributed by atoms with Gasteiger partial charge in [-0.25, -0.2) is 0 Å². The largest absolute Gasteiger partial charge is 2.00 e. The Kier molecular flexibility index (Phi) is 13.3. The number of carbonyl (C=O) groups excluding carboxylic acids is 2. The van der Waals surface area contributed by atoms with Crippen LogP contribution in [0.2, 0.25) is 0 Å². The molecule has 2 N–H and O–H groups in total. The van der Waals surface area contributed by atoms with Crippen molar-refractivity contribution in [2.45, 2.75) is 26.1 Å². The zero-order chi connectivity index (χ0) is 10.3. The third-order valence-electron chi connectivity index (χ3n) is 0.682. The molecule has 13 heavy (non-hydrogen) atoms. The van der Waals surface area contributed by atoms with Gasteiger partial charge in [0.15, 0.2) is 0 Å². The van der Waals surface area contributed by atoms with Crippen molar-refractivity contribution in [3.63, 3.8) is 0 Å². The molecule has 0 rings (SSSR count). The topological polar surface area (TPSA) is 121 Å². The Morgan fingerprint density at radius 2 is 1.08 bits per heavy atom. The molecule has 0 aromatic carbocycles. The number of hydrogen-bond donors (Lipinski definition) is 2. The Bertz CT molecular complexity index is 137. The molecule has 0 heterocycles. The third-order valence-corrected chi connectivity index (χ3v) is 0.682. The zero-order valence-electron chi connectivity index (χ0n) is 7.06. The van der Waals surface area contributed by atoms with Gasteiger partial charge in [-0.05, 0) is 13.8 Å². The number of aliphatic hydroxyl groups excluding tert-OH is 2. The molecule has 0 aliphatic carbocycles. The fourth-order valence-electron chi connectivity index (χ4n) is 0. The van der Waals surface area contributed by atoms with Gasteiger partial charge in [0.2, 0.25) is 0 Å². The van der Waals surface area contributed by atoms with Crippen LogP contribution in [0, 0.1) is 0 Å². The summed E-state index contributed by atoms with van der Waals surface area (Å²) in [7, 11) is 0.